The van der Waals surface area contributed by atoms with Crippen LogP contribution in [-0.4, -0.2) is 45.8 Å². The summed E-state index contributed by atoms with van der Waals surface area (Å²) in [5, 5.41) is 18.4. The second-order valence-electron chi connectivity index (χ2n) is 3.81. The van der Waals surface area contributed by atoms with E-state index in [9.17, 15) is 9.90 Å². The Morgan fingerprint density at radius 1 is 1.58 bits per heavy atom. The third-order valence-corrected chi connectivity index (χ3v) is 2.94. The average molecular weight is 171 g/mol. The molecule has 0 aromatic carbocycles. The summed E-state index contributed by atoms with van der Waals surface area (Å²) >= 11 is 0. The molecule has 0 amide bonds. The van der Waals surface area contributed by atoms with Gasteiger partial charge >= 0.3 is 5.97 Å². The number of nitrogens with zero attached hydrogens (tertiary/aromatic N) is 1. The van der Waals surface area contributed by atoms with Crippen molar-refractivity contribution >= 4 is 5.97 Å². The van der Waals surface area contributed by atoms with E-state index in [0.29, 0.717) is 19.0 Å². The van der Waals surface area contributed by atoms with Crippen LogP contribution in [0.4, 0.5) is 0 Å². The van der Waals surface area contributed by atoms with E-state index >= 15 is 0 Å². The monoisotopic (exact) mass is 171 g/mol. The molecule has 0 aromatic heterocycles. The lowest BCUT2D eigenvalue weighted by atomic mass is 9.99. The molecule has 0 saturated carbocycles. The van der Waals surface area contributed by atoms with Crippen LogP contribution in [0.3, 0.4) is 0 Å². The Balaban J connectivity index is 2.11. The van der Waals surface area contributed by atoms with Crippen LogP contribution in [-0.2, 0) is 4.79 Å². The molecule has 2 atom stereocenters. The molecule has 2 rings (SSSR count). The molecule has 2 aliphatic rings. The Morgan fingerprint density at radius 3 is 2.92 bits per heavy atom. The van der Waals surface area contributed by atoms with Gasteiger partial charge in [-0.05, 0) is 19.4 Å². The van der Waals surface area contributed by atoms with Gasteiger partial charge in [-0.25, -0.2) is 4.79 Å². The van der Waals surface area contributed by atoms with E-state index in [1.165, 1.54) is 0 Å². The zero-order valence-electron chi connectivity index (χ0n) is 6.86. The van der Waals surface area contributed by atoms with Crippen molar-refractivity contribution in [2.45, 2.75) is 30.9 Å². The van der Waals surface area contributed by atoms with Crippen molar-refractivity contribution in [3.63, 3.8) is 0 Å². The number of aliphatic hydroxyl groups is 1. The lowest BCUT2D eigenvalue weighted by molar-refractivity contribution is -0.157. The van der Waals surface area contributed by atoms with Gasteiger partial charge in [-0.3, -0.25) is 4.90 Å². The van der Waals surface area contributed by atoms with Crippen LogP contribution in [0, 0.1) is 0 Å². The predicted octanol–water partition coefficient (Wildman–Crippen LogP) is -0.330. The smallest absolute Gasteiger partial charge is 0.337 e. The van der Waals surface area contributed by atoms with Gasteiger partial charge in [0.2, 0.25) is 0 Å². The first-order valence-electron chi connectivity index (χ1n) is 4.32. The maximum Gasteiger partial charge on any atom is 0.337 e. The summed E-state index contributed by atoms with van der Waals surface area (Å²) in [4.78, 5) is 12.8. The first-order valence-corrected chi connectivity index (χ1v) is 4.32. The molecular formula is C8H13NO3. The molecule has 2 saturated heterocycles. The van der Waals surface area contributed by atoms with Crippen molar-refractivity contribution < 1.29 is 15.0 Å². The van der Waals surface area contributed by atoms with Crippen molar-refractivity contribution in [1.29, 1.82) is 0 Å². The van der Waals surface area contributed by atoms with Gasteiger partial charge in [0.05, 0.1) is 0 Å². The van der Waals surface area contributed by atoms with Gasteiger partial charge in [0.15, 0.2) is 5.60 Å². The largest absolute Gasteiger partial charge is 0.479 e. The lowest BCUT2D eigenvalue weighted by Gasteiger charge is -2.17. The molecule has 68 valence electrons. The minimum atomic E-state index is -1.47. The number of carboxylic acids is 1. The van der Waals surface area contributed by atoms with Gasteiger partial charge in [0.25, 0.3) is 0 Å². The molecule has 2 unspecified atom stereocenters. The van der Waals surface area contributed by atoms with Gasteiger partial charge < -0.3 is 10.2 Å². The van der Waals surface area contributed by atoms with Crippen molar-refractivity contribution in [3.8, 4) is 0 Å². The maximum absolute atomic E-state index is 10.7. The fourth-order valence-corrected chi connectivity index (χ4v) is 2.28. The standard InChI is InChI=1S/C8H13NO3/c10-7(11)8(12)4-6-2-1-3-9(6)5-8/h6,12H,1-5H2,(H,10,11). The van der Waals surface area contributed by atoms with Crippen LogP contribution in [0.25, 0.3) is 0 Å². The summed E-state index contributed by atoms with van der Waals surface area (Å²) in [6.45, 7) is 1.26. The first-order chi connectivity index (χ1) is 5.62. The minimum Gasteiger partial charge on any atom is -0.479 e. The summed E-state index contributed by atoms with van der Waals surface area (Å²) < 4.78 is 0. The fraction of sp³-hybridized carbons (Fsp3) is 0.875. The van der Waals surface area contributed by atoms with Crippen molar-refractivity contribution in [2.75, 3.05) is 13.1 Å². The van der Waals surface area contributed by atoms with Crippen LogP contribution in [0.5, 0.6) is 0 Å². The van der Waals surface area contributed by atoms with Crippen LogP contribution >= 0.6 is 0 Å². The van der Waals surface area contributed by atoms with E-state index in [-0.39, 0.29) is 0 Å². The minimum absolute atomic E-state index is 0.311. The van der Waals surface area contributed by atoms with Gasteiger partial charge in [-0.2, -0.15) is 0 Å². The van der Waals surface area contributed by atoms with Crippen molar-refractivity contribution in [2.24, 2.45) is 0 Å². The Bertz CT molecular complexity index is 204. The molecule has 2 heterocycles. The van der Waals surface area contributed by atoms with Crippen molar-refractivity contribution in [3.05, 3.63) is 0 Å². The Kier molecular flexibility index (Phi) is 1.63. The van der Waals surface area contributed by atoms with Gasteiger partial charge in [-0.15, -0.1) is 0 Å². The van der Waals surface area contributed by atoms with Gasteiger partial charge in [0.1, 0.15) is 0 Å². The number of fused-ring (bicyclic) bond motifs is 1. The van der Waals surface area contributed by atoms with Gasteiger partial charge in [-0.1, -0.05) is 0 Å². The fourth-order valence-electron chi connectivity index (χ4n) is 2.28. The zero-order valence-corrected chi connectivity index (χ0v) is 6.86. The summed E-state index contributed by atoms with van der Waals surface area (Å²) in [5.41, 5.74) is -1.47. The molecule has 4 heteroatoms. The SMILES string of the molecule is O=C(O)C1(O)CC2CCCN2C1. The predicted molar refractivity (Wildman–Crippen MR) is 41.8 cm³/mol. The van der Waals surface area contributed by atoms with E-state index in [2.05, 4.69) is 4.90 Å². The highest BCUT2D eigenvalue weighted by Gasteiger charge is 2.49. The second-order valence-corrected chi connectivity index (χ2v) is 3.81. The molecule has 0 aliphatic carbocycles. The number of carboxylic acid groups (broad SMARTS) is 1. The van der Waals surface area contributed by atoms with E-state index < -0.39 is 11.6 Å². The highest BCUT2D eigenvalue weighted by Crippen LogP contribution is 2.33. The van der Waals surface area contributed by atoms with Gasteiger partial charge in [0, 0.05) is 19.0 Å². The summed E-state index contributed by atoms with van der Waals surface area (Å²) in [7, 11) is 0. The van der Waals surface area contributed by atoms with Crippen LogP contribution in [0.1, 0.15) is 19.3 Å². The maximum atomic E-state index is 10.7. The summed E-state index contributed by atoms with van der Waals surface area (Å²) in [6, 6.07) is 0.311. The molecular weight excluding hydrogens is 158 g/mol. The molecule has 12 heavy (non-hydrogen) atoms. The van der Waals surface area contributed by atoms with E-state index in [1.807, 2.05) is 0 Å². The molecule has 2 fully saturated rings. The number of hydrogen-bond acceptors (Lipinski definition) is 3. The highest BCUT2D eigenvalue weighted by molar-refractivity contribution is 5.78. The van der Waals surface area contributed by atoms with E-state index in [4.69, 9.17) is 5.11 Å². The topological polar surface area (TPSA) is 60.8 Å². The molecule has 4 nitrogen and oxygen atoms in total. The highest BCUT2D eigenvalue weighted by atomic mass is 16.4. The summed E-state index contributed by atoms with van der Waals surface area (Å²) in [6.07, 6.45) is 2.58. The number of aliphatic carboxylic acids is 1. The quantitative estimate of drug-likeness (QED) is 0.567. The molecule has 2 aliphatic heterocycles. The lowest BCUT2D eigenvalue weighted by Crippen LogP contribution is -2.41. The van der Waals surface area contributed by atoms with E-state index in [1.54, 1.807) is 0 Å². The Morgan fingerprint density at radius 2 is 2.33 bits per heavy atom. The third kappa shape index (κ3) is 1.03. The Hall–Kier alpha value is -0.610. The van der Waals surface area contributed by atoms with E-state index in [0.717, 1.165) is 19.4 Å². The normalized spacial score (nSPS) is 41.6. The average Bonchev–Trinajstić information content (AvgIpc) is 2.44. The third-order valence-electron chi connectivity index (χ3n) is 2.94. The van der Waals surface area contributed by atoms with Crippen LogP contribution in [0.2, 0.25) is 0 Å². The van der Waals surface area contributed by atoms with Crippen molar-refractivity contribution in [1.82, 2.24) is 4.90 Å². The first kappa shape index (κ1) is 8.01. The molecule has 2 N–H and O–H groups in total. The Labute approximate surface area is 70.8 Å². The molecule has 0 radical (unpaired) electrons. The summed E-state index contributed by atoms with van der Waals surface area (Å²) in [5.74, 6) is -1.07. The number of hydrogen-bond donors (Lipinski definition) is 2. The molecule has 0 spiro atoms. The molecule has 0 bridgehead atoms. The number of rotatable bonds is 1. The number of carbonyl (C=O) groups is 1. The second kappa shape index (κ2) is 2.44. The van der Waals surface area contributed by atoms with Crippen LogP contribution in [0.15, 0.2) is 0 Å². The molecule has 0 aromatic rings. The zero-order chi connectivity index (χ0) is 8.77. The van der Waals surface area contributed by atoms with Crippen LogP contribution < -0.4 is 0 Å².